The first-order valence-corrected chi connectivity index (χ1v) is 5.32. The molecule has 0 radical (unpaired) electrons. The lowest BCUT2D eigenvalue weighted by atomic mass is 9.91. The standard InChI is InChI=1S/C11H18S/c1-8(2)10-7-11(4,5)6-9(3)12-10/h6-8H,1-5H3. The maximum atomic E-state index is 2.38. The van der Waals surface area contributed by atoms with Gasteiger partial charge >= 0.3 is 0 Å². The Labute approximate surface area is 80.1 Å². The van der Waals surface area contributed by atoms with Gasteiger partial charge in [-0.3, -0.25) is 0 Å². The number of allylic oxidation sites excluding steroid dienone is 4. The van der Waals surface area contributed by atoms with Crippen LogP contribution in [0.15, 0.2) is 22.0 Å². The first-order chi connectivity index (χ1) is 5.41. The summed E-state index contributed by atoms with van der Waals surface area (Å²) < 4.78 is 0. The molecule has 0 atom stereocenters. The highest BCUT2D eigenvalue weighted by Crippen LogP contribution is 2.41. The highest BCUT2D eigenvalue weighted by molar-refractivity contribution is 8.06. The van der Waals surface area contributed by atoms with Crippen LogP contribution in [0.25, 0.3) is 0 Å². The van der Waals surface area contributed by atoms with E-state index >= 15 is 0 Å². The van der Waals surface area contributed by atoms with Gasteiger partial charge in [-0.15, -0.1) is 0 Å². The predicted molar refractivity (Wildman–Crippen MR) is 58.1 cm³/mol. The van der Waals surface area contributed by atoms with Crippen LogP contribution in [0.1, 0.15) is 34.6 Å². The molecule has 0 aromatic heterocycles. The van der Waals surface area contributed by atoms with E-state index in [2.05, 4.69) is 46.8 Å². The minimum Gasteiger partial charge on any atom is -0.0996 e. The monoisotopic (exact) mass is 182 g/mol. The molecular weight excluding hydrogens is 164 g/mol. The Hall–Kier alpha value is -0.170. The maximum absolute atomic E-state index is 2.38. The molecule has 0 aromatic carbocycles. The molecule has 1 aliphatic heterocycles. The second-order valence-corrected chi connectivity index (χ2v) is 5.70. The van der Waals surface area contributed by atoms with Crippen molar-refractivity contribution in [2.45, 2.75) is 34.6 Å². The number of thioether (sulfide) groups is 1. The van der Waals surface area contributed by atoms with E-state index in [4.69, 9.17) is 0 Å². The summed E-state index contributed by atoms with van der Waals surface area (Å²) in [4.78, 5) is 2.95. The molecule has 0 saturated heterocycles. The lowest BCUT2D eigenvalue weighted by Crippen LogP contribution is -2.09. The summed E-state index contributed by atoms with van der Waals surface area (Å²) in [6.45, 7) is 11.2. The van der Waals surface area contributed by atoms with Crippen molar-refractivity contribution < 1.29 is 0 Å². The SMILES string of the molecule is CC1=CC(C)(C)C=C(C(C)C)S1. The van der Waals surface area contributed by atoms with Crippen molar-refractivity contribution in [3.63, 3.8) is 0 Å². The molecule has 0 spiro atoms. The molecule has 0 bridgehead atoms. The van der Waals surface area contributed by atoms with Gasteiger partial charge in [0, 0.05) is 5.41 Å². The van der Waals surface area contributed by atoms with E-state index in [0.717, 1.165) is 0 Å². The van der Waals surface area contributed by atoms with E-state index in [1.807, 2.05) is 11.8 Å². The minimum absolute atomic E-state index is 0.259. The molecule has 0 fully saturated rings. The van der Waals surface area contributed by atoms with Crippen LogP contribution in [0.3, 0.4) is 0 Å². The van der Waals surface area contributed by atoms with Crippen molar-refractivity contribution in [1.29, 1.82) is 0 Å². The smallest absolute Gasteiger partial charge is 0.00264 e. The molecule has 0 aliphatic carbocycles. The van der Waals surface area contributed by atoms with Crippen LogP contribution < -0.4 is 0 Å². The van der Waals surface area contributed by atoms with E-state index in [0.29, 0.717) is 5.92 Å². The quantitative estimate of drug-likeness (QED) is 0.585. The zero-order chi connectivity index (χ0) is 9.35. The fourth-order valence-corrected chi connectivity index (χ4v) is 2.79. The Morgan fingerprint density at radius 1 is 1.25 bits per heavy atom. The fraction of sp³-hybridized carbons (Fsp3) is 0.636. The van der Waals surface area contributed by atoms with Gasteiger partial charge in [0.1, 0.15) is 0 Å². The third-order valence-electron chi connectivity index (χ3n) is 1.94. The lowest BCUT2D eigenvalue weighted by Gasteiger charge is -2.26. The van der Waals surface area contributed by atoms with Crippen LogP contribution in [-0.2, 0) is 0 Å². The zero-order valence-electron chi connectivity index (χ0n) is 8.64. The van der Waals surface area contributed by atoms with E-state index in [1.54, 1.807) is 0 Å². The van der Waals surface area contributed by atoms with Crippen LogP contribution in [0.2, 0.25) is 0 Å². The van der Waals surface area contributed by atoms with Crippen LogP contribution in [0.4, 0.5) is 0 Å². The molecule has 68 valence electrons. The Morgan fingerprint density at radius 3 is 2.25 bits per heavy atom. The summed E-state index contributed by atoms with van der Waals surface area (Å²) >= 11 is 1.92. The first kappa shape index (κ1) is 9.91. The Morgan fingerprint density at radius 2 is 1.83 bits per heavy atom. The fourth-order valence-electron chi connectivity index (χ4n) is 1.46. The first-order valence-electron chi connectivity index (χ1n) is 4.51. The van der Waals surface area contributed by atoms with Crippen molar-refractivity contribution >= 4 is 11.8 Å². The molecule has 0 N–H and O–H groups in total. The van der Waals surface area contributed by atoms with Gasteiger partial charge in [-0.2, -0.15) is 0 Å². The van der Waals surface area contributed by atoms with Gasteiger partial charge in [-0.25, -0.2) is 0 Å². The number of hydrogen-bond donors (Lipinski definition) is 0. The van der Waals surface area contributed by atoms with Crippen molar-refractivity contribution in [2.24, 2.45) is 11.3 Å². The van der Waals surface area contributed by atoms with Crippen LogP contribution in [0.5, 0.6) is 0 Å². The largest absolute Gasteiger partial charge is 0.0996 e. The molecule has 1 heterocycles. The summed E-state index contributed by atoms with van der Waals surface area (Å²) in [6.07, 6.45) is 4.72. The Kier molecular flexibility index (Phi) is 2.72. The van der Waals surface area contributed by atoms with E-state index in [-0.39, 0.29) is 5.41 Å². The average Bonchev–Trinajstić information content (AvgIpc) is 1.82. The van der Waals surface area contributed by atoms with E-state index in [9.17, 15) is 0 Å². The van der Waals surface area contributed by atoms with Crippen molar-refractivity contribution in [3.05, 3.63) is 22.0 Å². The minimum atomic E-state index is 0.259. The molecule has 1 rings (SSSR count). The summed E-state index contributed by atoms with van der Waals surface area (Å²) in [6, 6.07) is 0. The summed E-state index contributed by atoms with van der Waals surface area (Å²) in [5.41, 5.74) is 0.259. The molecule has 1 aliphatic rings. The summed E-state index contributed by atoms with van der Waals surface area (Å²) in [5.74, 6) is 0.665. The van der Waals surface area contributed by atoms with Gasteiger partial charge in [0.2, 0.25) is 0 Å². The van der Waals surface area contributed by atoms with Crippen molar-refractivity contribution in [3.8, 4) is 0 Å². The van der Waals surface area contributed by atoms with Gasteiger partial charge in [0.15, 0.2) is 0 Å². The van der Waals surface area contributed by atoms with Gasteiger partial charge in [0.05, 0.1) is 0 Å². The molecule has 0 unspecified atom stereocenters. The summed E-state index contributed by atoms with van der Waals surface area (Å²) in [5, 5.41) is 0. The Balaban J connectivity index is 2.88. The topological polar surface area (TPSA) is 0 Å². The highest BCUT2D eigenvalue weighted by Gasteiger charge is 2.20. The van der Waals surface area contributed by atoms with Gasteiger partial charge in [-0.05, 0) is 22.7 Å². The van der Waals surface area contributed by atoms with Crippen molar-refractivity contribution in [2.75, 3.05) is 0 Å². The zero-order valence-corrected chi connectivity index (χ0v) is 9.46. The number of rotatable bonds is 1. The van der Waals surface area contributed by atoms with Gasteiger partial charge < -0.3 is 0 Å². The highest BCUT2D eigenvalue weighted by atomic mass is 32.2. The summed E-state index contributed by atoms with van der Waals surface area (Å²) in [7, 11) is 0. The molecule has 0 aromatic rings. The molecule has 0 amide bonds. The second-order valence-electron chi connectivity index (χ2n) is 4.38. The van der Waals surface area contributed by atoms with E-state index < -0.39 is 0 Å². The van der Waals surface area contributed by atoms with Crippen molar-refractivity contribution in [1.82, 2.24) is 0 Å². The maximum Gasteiger partial charge on any atom is 0.00264 e. The van der Waals surface area contributed by atoms with Crippen LogP contribution in [0, 0.1) is 11.3 Å². The van der Waals surface area contributed by atoms with E-state index in [1.165, 1.54) is 9.81 Å². The number of hydrogen-bond acceptors (Lipinski definition) is 1. The molecular formula is C11H18S. The average molecular weight is 182 g/mol. The normalized spacial score (nSPS) is 22.2. The third-order valence-corrected chi connectivity index (χ3v) is 3.20. The molecule has 12 heavy (non-hydrogen) atoms. The van der Waals surface area contributed by atoms with Gasteiger partial charge in [0.25, 0.3) is 0 Å². The second kappa shape index (κ2) is 3.29. The van der Waals surface area contributed by atoms with Crippen LogP contribution in [-0.4, -0.2) is 0 Å². The Bertz CT molecular complexity index is 231. The molecule has 1 heteroatoms. The van der Waals surface area contributed by atoms with Crippen LogP contribution >= 0.6 is 11.8 Å². The molecule has 0 saturated carbocycles. The van der Waals surface area contributed by atoms with Gasteiger partial charge in [-0.1, -0.05) is 51.6 Å². The predicted octanol–water partition coefficient (Wildman–Crippen LogP) is 4.20. The lowest BCUT2D eigenvalue weighted by molar-refractivity contribution is 0.609. The third kappa shape index (κ3) is 2.41. The molecule has 0 nitrogen and oxygen atoms in total.